The summed E-state index contributed by atoms with van der Waals surface area (Å²) in [4.78, 5) is 4.32. The van der Waals surface area contributed by atoms with Crippen LogP contribution in [0.25, 0.3) is 11.3 Å². The summed E-state index contributed by atoms with van der Waals surface area (Å²) in [6, 6.07) is 7.24. The molecule has 0 bridgehead atoms. The van der Waals surface area contributed by atoms with Crippen LogP contribution < -0.4 is 10.5 Å². The molecular formula is C12H11N5O2S2. The Balaban J connectivity index is 1.86. The van der Waals surface area contributed by atoms with Gasteiger partial charge in [-0.1, -0.05) is 12.1 Å². The van der Waals surface area contributed by atoms with Gasteiger partial charge in [-0.2, -0.15) is 5.10 Å². The summed E-state index contributed by atoms with van der Waals surface area (Å²) in [6.07, 6.45) is 2.53. The zero-order valence-electron chi connectivity index (χ0n) is 10.6. The molecule has 0 radical (unpaired) electrons. The molecule has 0 saturated carbocycles. The van der Waals surface area contributed by atoms with E-state index in [0.717, 1.165) is 5.56 Å². The second-order valence-corrected chi connectivity index (χ2v) is 6.74. The van der Waals surface area contributed by atoms with Crippen LogP contribution in [0.1, 0.15) is 0 Å². The Morgan fingerprint density at radius 2 is 2.19 bits per heavy atom. The normalized spacial score (nSPS) is 11.4. The number of aromatic nitrogens is 3. The van der Waals surface area contributed by atoms with Crippen LogP contribution in [0.2, 0.25) is 0 Å². The van der Waals surface area contributed by atoms with Gasteiger partial charge >= 0.3 is 0 Å². The molecule has 0 amide bonds. The van der Waals surface area contributed by atoms with Gasteiger partial charge in [0.1, 0.15) is 4.90 Å². The number of nitrogens with one attached hydrogen (secondary N) is 2. The largest absolute Gasteiger partial charge is 0.399 e. The molecule has 2 heterocycles. The predicted octanol–water partition coefficient (Wildman–Crippen LogP) is 1.92. The van der Waals surface area contributed by atoms with E-state index in [0.29, 0.717) is 11.4 Å². The zero-order valence-corrected chi connectivity index (χ0v) is 12.3. The molecule has 0 unspecified atom stereocenters. The fraction of sp³-hybridized carbons (Fsp3) is 0. The van der Waals surface area contributed by atoms with E-state index in [2.05, 4.69) is 19.9 Å². The molecule has 21 heavy (non-hydrogen) atoms. The average molecular weight is 321 g/mol. The molecule has 3 aromatic rings. The van der Waals surface area contributed by atoms with E-state index in [1.807, 2.05) is 12.1 Å². The van der Waals surface area contributed by atoms with Crippen LogP contribution in [0.3, 0.4) is 0 Å². The summed E-state index contributed by atoms with van der Waals surface area (Å²) in [5.41, 5.74) is 7.85. The molecule has 108 valence electrons. The number of nitrogens with zero attached hydrogens (tertiary/aromatic N) is 2. The van der Waals surface area contributed by atoms with Crippen molar-refractivity contribution in [2.45, 2.75) is 4.90 Å². The lowest BCUT2D eigenvalue weighted by molar-refractivity contribution is 0.601. The number of hydrogen-bond acceptors (Lipinski definition) is 6. The minimum absolute atomic E-state index is 0.0585. The van der Waals surface area contributed by atoms with Gasteiger partial charge in [0.05, 0.1) is 11.9 Å². The van der Waals surface area contributed by atoms with Crippen molar-refractivity contribution in [2.24, 2.45) is 0 Å². The van der Waals surface area contributed by atoms with Crippen LogP contribution in [-0.4, -0.2) is 23.6 Å². The SMILES string of the molecule is Nc1cccc(-c2csc(NS(=O)(=O)c3cn[nH]c3)n2)c1. The van der Waals surface area contributed by atoms with Gasteiger partial charge in [0.2, 0.25) is 0 Å². The lowest BCUT2D eigenvalue weighted by Crippen LogP contribution is -2.11. The van der Waals surface area contributed by atoms with Crippen LogP contribution in [0.5, 0.6) is 0 Å². The van der Waals surface area contributed by atoms with E-state index >= 15 is 0 Å². The Morgan fingerprint density at radius 3 is 2.90 bits per heavy atom. The second kappa shape index (κ2) is 5.19. The number of anilines is 2. The summed E-state index contributed by atoms with van der Waals surface area (Å²) in [5, 5.41) is 8.13. The fourth-order valence-corrected chi connectivity index (χ4v) is 3.59. The molecule has 0 aliphatic heterocycles. The Labute approximate surface area is 124 Å². The molecule has 0 aliphatic rings. The van der Waals surface area contributed by atoms with Crippen molar-refractivity contribution in [1.29, 1.82) is 0 Å². The van der Waals surface area contributed by atoms with Gasteiger partial charge in [-0.25, -0.2) is 13.4 Å². The maximum absolute atomic E-state index is 12.0. The van der Waals surface area contributed by atoms with E-state index in [9.17, 15) is 8.42 Å². The van der Waals surface area contributed by atoms with Gasteiger partial charge in [0, 0.05) is 22.8 Å². The van der Waals surface area contributed by atoms with Gasteiger partial charge in [0.15, 0.2) is 5.13 Å². The van der Waals surface area contributed by atoms with Crippen molar-refractivity contribution in [3.63, 3.8) is 0 Å². The highest BCUT2D eigenvalue weighted by Gasteiger charge is 2.17. The Hall–Kier alpha value is -2.39. The lowest BCUT2D eigenvalue weighted by Gasteiger charge is -2.01. The minimum atomic E-state index is -3.67. The molecule has 0 atom stereocenters. The lowest BCUT2D eigenvalue weighted by atomic mass is 10.1. The molecule has 1 aromatic carbocycles. The molecule has 0 saturated heterocycles. The first-order chi connectivity index (χ1) is 10.0. The van der Waals surface area contributed by atoms with E-state index in [1.54, 1.807) is 17.5 Å². The van der Waals surface area contributed by atoms with Crippen molar-refractivity contribution in [3.05, 3.63) is 42.0 Å². The Morgan fingerprint density at radius 1 is 1.33 bits per heavy atom. The predicted molar refractivity (Wildman–Crippen MR) is 81.4 cm³/mol. The van der Waals surface area contributed by atoms with E-state index in [4.69, 9.17) is 5.73 Å². The van der Waals surface area contributed by atoms with Crippen molar-refractivity contribution in [1.82, 2.24) is 15.2 Å². The molecule has 0 spiro atoms. The smallest absolute Gasteiger partial charge is 0.266 e. The molecule has 0 fully saturated rings. The summed E-state index contributed by atoms with van der Waals surface area (Å²) in [7, 11) is -3.67. The highest BCUT2D eigenvalue weighted by atomic mass is 32.2. The van der Waals surface area contributed by atoms with Gasteiger partial charge in [-0.05, 0) is 12.1 Å². The number of H-pyrrole nitrogens is 1. The third-order valence-electron chi connectivity index (χ3n) is 2.69. The topological polar surface area (TPSA) is 114 Å². The number of hydrogen-bond donors (Lipinski definition) is 3. The molecular weight excluding hydrogens is 310 g/mol. The third kappa shape index (κ3) is 2.88. The molecule has 3 rings (SSSR count). The van der Waals surface area contributed by atoms with Crippen LogP contribution in [-0.2, 0) is 10.0 Å². The summed E-state index contributed by atoms with van der Waals surface area (Å²) in [5.74, 6) is 0. The molecule has 4 N–H and O–H groups in total. The van der Waals surface area contributed by atoms with Gasteiger partial charge in [0.25, 0.3) is 10.0 Å². The fourth-order valence-electron chi connectivity index (χ4n) is 1.71. The van der Waals surface area contributed by atoms with Crippen molar-refractivity contribution in [2.75, 3.05) is 10.5 Å². The average Bonchev–Trinajstić information content (AvgIpc) is 3.09. The van der Waals surface area contributed by atoms with Crippen LogP contribution in [0.15, 0.2) is 46.9 Å². The van der Waals surface area contributed by atoms with E-state index in [-0.39, 0.29) is 10.0 Å². The van der Waals surface area contributed by atoms with Gasteiger partial charge in [-0.15, -0.1) is 11.3 Å². The van der Waals surface area contributed by atoms with Crippen LogP contribution >= 0.6 is 11.3 Å². The van der Waals surface area contributed by atoms with E-state index in [1.165, 1.54) is 23.7 Å². The van der Waals surface area contributed by atoms with Crippen molar-refractivity contribution < 1.29 is 8.42 Å². The first-order valence-electron chi connectivity index (χ1n) is 5.88. The standard InChI is InChI=1S/C12H11N5O2S2/c13-9-3-1-2-8(4-9)11-7-20-12(16-11)17-21(18,19)10-5-14-15-6-10/h1-7H,13H2,(H,14,15)(H,16,17). The first kappa shape index (κ1) is 13.6. The van der Waals surface area contributed by atoms with Crippen molar-refractivity contribution >= 4 is 32.2 Å². The van der Waals surface area contributed by atoms with Crippen LogP contribution in [0.4, 0.5) is 10.8 Å². The number of rotatable bonds is 4. The third-order valence-corrected chi connectivity index (χ3v) is 4.88. The maximum Gasteiger partial charge on any atom is 0.266 e. The number of aromatic amines is 1. The van der Waals surface area contributed by atoms with Gasteiger partial charge < -0.3 is 5.73 Å². The summed E-state index contributed by atoms with van der Waals surface area (Å²) in [6.45, 7) is 0. The number of thiazole rings is 1. The van der Waals surface area contributed by atoms with Crippen molar-refractivity contribution in [3.8, 4) is 11.3 Å². The highest BCUT2D eigenvalue weighted by Crippen LogP contribution is 2.27. The first-order valence-corrected chi connectivity index (χ1v) is 8.24. The second-order valence-electron chi connectivity index (χ2n) is 4.20. The van der Waals surface area contributed by atoms with E-state index < -0.39 is 10.0 Å². The monoisotopic (exact) mass is 321 g/mol. The quantitative estimate of drug-likeness (QED) is 0.635. The number of nitrogen functional groups attached to an aromatic ring is 1. The Kier molecular flexibility index (Phi) is 3.35. The maximum atomic E-state index is 12.0. The number of nitrogens with two attached hydrogens (primary N) is 1. The van der Waals surface area contributed by atoms with Gasteiger partial charge in [-0.3, -0.25) is 9.82 Å². The number of sulfonamides is 1. The van der Waals surface area contributed by atoms with Crippen LogP contribution in [0, 0.1) is 0 Å². The summed E-state index contributed by atoms with van der Waals surface area (Å²) >= 11 is 1.20. The minimum Gasteiger partial charge on any atom is -0.399 e. The summed E-state index contributed by atoms with van der Waals surface area (Å²) < 4.78 is 26.5. The number of benzene rings is 1. The Bertz CT molecular complexity index is 855. The highest BCUT2D eigenvalue weighted by molar-refractivity contribution is 7.93. The molecule has 7 nitrogen and oxygen atoms in total. The molecule has 2 aromatic heterocycles. The molecule has 9 heteroatoms. The molecule has 0 aliphatic carbocycles. The zero-order chi connectivity index (χ0) is 14.9.